The molecule has 0 aromatic heterocycles. The fourth-order valence-electron chi connectivity index (χ4n) is 4.95. The van der Waals surface area contributed by atoms with Crippen molar-refractivity contribution in [2.24, 2.45) is 10.7 Å². The molecule has 51 heavy (non-hydrogen) atoms. The fourth-order valence-corrected chi connectivity index (χ4v) is 4.95. The number of guanidine groups is 1. The monoisotopic (exact) mass is 714 g/mol. The van der Waals surface area contributed by atoms with E-state index in [9.17, 15) is 35.1 Å². The van der Waals surface area contributed by atoms with Crippen LogP contribution in [0.15, 0.2) is 59.6 Å². The number of aliphatic imine (C=N–C) groups is 1. The number of esters is 1. The van der Waals surface area contributed by atoms with Crippen LogP contribution in [0.5, 0.6) is 28.7 Å². The molecule has 0 amide bonds. The second-order valence-electron chi connectivity index (χ2n) is 11.1. The Kier molecular flexibility index (Phi) is 13.5. The number of hydrogen-bond acceptors (Lipinski definition) is 14. The maximum absolute atomic E-state index is 13.2. The van der Waals surface area contributed by atoms with Gasteiger partial charge in [0, 0.05) is 32.1 Å². The first-order valence-corrected chi connectivity index (χ1v) is 15.8. The van der Waals surface area contributed by atoms with Crippen LogP contribution in [0.4, 0.5) is 5.69 Å². The van der Waals surface area contributed by atoms with Gasteiger partial charge in [-0.3, -0.25) is 4.99 Å². The number of hydrogen-bond donors (Lipinski definition) is 8. The molecule has 17 nitrogen and oxygen atoms in total. The molecule has 3 aromatic rings. The van der Waals surface area contributed by atoms with Crippen LogP contribution in [0, 0.1) is 0 Å². The first-order valence-electron chi connectivity index (χ1n) is 15.8. The largest absolute Gasteiger partial charge is 0.502 e. The second-order valence-corrected chi connectivity index (χ2v) is 11.1. The Morgan fingerprint density at radius 1 is 0.961 bits per heavy atom. The number of aromatic carboxylic acids is 1. The predicted molar refractivity (Wildman–Crippen MR) is 182 cm³/mol. The van der Waals surface area contributed by atoms with Gasteiger partial charge in [-0.1, -0.05) is 30.3 Å². The van der Waals surface area contributed by atoms with Crippen LogP contribution in [0.2, 0.25) is 0 Å². The van der Waals surface area contributed by atoms with Crippen LogP contribution in [0.25, 0.3) is 0 Å². The number of phenolic OH excluding ortho intramolecular Hbond substituents is 1. The number of aromatic hydroxyl groups is 1. The van der Waals surface area contributed by atoms with E-state index in [1.807, 2.05) is 30.3 Å². The summed E-state index contributed by atoms with van der Waals surface area (Å²) in [4.78, 5) is 28.9. The molecular weight excluding hydrogens is 672 g/mol. The molecule has 9 N–H and O–H groups in total. The van der Waals surface area contributed by atoms with Gasteiger partial charge in [0.2, 0.25) is 12.0 Å². The van der Waals surface area contributed by atoms with Gasteiger partial charge >= 0.3 is 11.9 Å². The molecule has 1 fully saturated rings. The summed E-state index contributed by atoms with van der Waals surface area (Å²) in [6, 6.07) is 14.5. The molecule has 3 aromatic carbocycles. The van der Waals surface area contributed by atoms with Crippen molar-refractivity contribution in [1.82, 2.24) is 5.32 Å². The Balaban J connectivity index is 1.50. The molecule has 0 aliphatic carbocycles. The van der Waals surface area contributed by atoms with Crippen molar-refractivity contribution in [3.8, 4) is 28.7 Å². The maximum Gasteiger partial charge on any atom is 0.338 e. The van der Waals surface area contributed by atoms with E-state index in [2.05, 4.69) is 15.6 Å². The van der Waals surface area contributed by atoms with Crippen LogP contribution in [0.1, 0.15) is 33.2 Å². The number of phenols is 1. The number of benzene rings is 3. The highest BCUT2D eigenvalue weighted by molar-refractivity contribution is 5.95. The summed E-state index contributed by atoms with van der Waals surface area (Å²) >= 11 is 0. The first kappa shape index (κ1) is 38.3. The summed E-state index contributed by atoms with van der Waals surface area (Å²) in [7, 11) is 2.75. The number of carboxylic acids is 1. The molecule has 5 atom stereocenters. The molecule has 4 rings (SSSR count). The zero-order valence-electron chi connectivity index (χ0n) is 28.1. The van der Waals surface area contributed by atoms with Gasteiger partial charge in [-0.25, -0.2) is 9.59 Å². The van der Waals surface area contributed by atoms with Gasteiger partial charge in [0.25, 0.3) is 0 Å². The summed E-state index contributed by atoms with van der Waals surface area (Å²) in [5, 5.41) is 58.1. The van der Waals surface area contributed by atoms with E-state index in [1.165, 1.54) is 38.4 Å². The topological polar surface area (TPSA) is 253 Å². The number of carbonyl (C=O) groups is 2. The van der Waals surface area contributed by atoms with Crippen molar-refractivity contribution in [2.75, 3.05) is 46.0 Å². The first-order chi connectivity index (χ1) is 24.5. The minimum Gasteiger partial charge on any atom is -0.502 e. The summed E-state index contributed by atoms with van der Waals surface area (Å²) in [6.45, 7) is 1.41. The Bertz CT molecular complexity index is 1670. The molecule has 0 spiro atoms. The number of nitrogens with two attached hydrogens (primary N) is 1. The summed E-state index contributed by atoms with van der Waals surface area (Å²) in [6.07, 6.45) is -7.88. The van der Waals surface area contributed by atoms with Crippen molar-refractivity contribution in [3.63, 3.8) is 0 Å². The van der Waals surface area contributed by atoms with E-state index in [0.29, 0.717) is 13.0 Å². The van der Waals surface area contributed by atoms with Crippen molar-refractivity contribution in [1.29, 1.82) is 0 Å². The number of rotatable bonds is 16. The number of aliphatic hydroxyl groups excluding tert-OH is 3. The molecule has 0 bridgehead atoms. The number of ether oxygens (including phenoxy) is 6. The maximum atomic E-state index is 13.2. The lowest BCUT2D eigenvalue weighted by Crippen LogP contribution is -2.60. The van der Waals surface area contributed by atoms with Crippen LogP contribution in [-0.2, 0) is 15.9 Å². The van der Waals surface area contributed by atoms with E-state index < -0.39 is 49.3 Å². The number of aliphatic hydroxyl groups is 3. The van der Waals surface area contributed by atoms with Crippen molar-refractivity contribution in [3.05, 3.63) is 71.3 Å². The van der Waals surface area contributed by atoms with Crippen molar-refractivity contribution in [2.45, 2.75) is 44.1 Å². The van der Waals surface area contributed by atoms with Gasteiger partial charge in [0.15, 0.2) is 35.7 Å². The molecule has 1 aliphatic rings. The molecule has 0 saturated carbocycles. The summed E-state index contributed by atoms with van der Waals surface area (Å²) < 4.78 is 33.6. The Morgan fingerprint density at radius 2 is 1.69 bits per heavy atom. The molecule has 0 unspecified atom stereocenters. The third-order valence-electron chi connectivity index (χ3n) is 7.68. The quantitative estimate of drug-likeness (QED) is 0.0447. The SMILES string of the molecule is CCNc1cc(O[C@@H]2O[C@H](COC(=O)c3cc(OC)c(O)c(OCCc4ccccc4)c3)[C@@H](O)[C@H](O)[C@H]2O)c(OCNC(N)=NC)cc1C(=O)O. The minimum absolute atomic E-state index is 0.0260. The lowest BCUT2D eigenvalue weighted by Gasteiger charge is -2.40. The zero-order chi connectivity index (χ0) is 37.1. The van der Waals surface area contributed by atoms with Crippen LogP contribution in [0.3, 0.4) is 0 Å². The molecule has 1 heterocycles. The lowest BCUT2D eigenvalue weighted by molar-refractivity contribution is -0.277. The minimum atomic E-state index is -1.82. The van der Waals surface area contributed by atoms with Gasteiger partial charge in [-0.2, -0.15) is 0 Å². The van der Waals surface area contributed by atoms with Crippen LogP contribution in [-0.4, -0.2) is 115 Å². The summed E-state index contributed by atoms with van der Waals surface area (Å²) in [5.41, 5.74) is 6.58. The van der Waals surface area contributed by atoms with E-state index in [4.69, 9.17) is 34.2 Å². The van der Waals surface area contributed by atoms with Gasteiger partial charge in [-0.05, 0) is 24.6 Å². The van der Waals surface area contributed by atoms with Crippen LogP contribution >= 0.6 is 0 Å². The van der Waals surface area contributed by atoms with Crippen molar-refractivity contribution >= 4 is 23.6 Å². The number of methoxy groups -OCH3 is 1. The van der Waals surface area contributed by atoms with Crippen molar-refractivity contribution < 1.29 is 63.5 Å². The van der Waals surface area contributed by atoms with Crippen LogP contribution < -0.4 is 35.3 Å². The Hall–Kier alpha value is -5.49. The number of carbonyl (C=O) groups excluding carboxylic acids is 1. The normalized spacial score (nSPS) is 20.2. The fraction of sp³-hybridized carbons (Fsp3) is 0.382. The van der Waals surface area contributed by atoms with E-state index in [-0.39, 0.29) is 64.9 Å². The highest BCUT2D eigenvalue weighted by Gasteiger charge is 2.46. The smallest absolute Gasteiger partial charge is 0.338 e. The highest BCUT2D eigenvalue weighted by Crippen LogP contribution is 2.39. The average Bonchev–Trinajstić information content (AvgIpc) is 3.12. The number of carboxylic acid groups (broad SMARTS) is 1. The second kappa shape index (κ2) is 18.0. The number of anilines is 1. The predicted octanol–water partition coefficient (Wildman–Crippen LogP) is 1.07. The third kappa shape index (κ3) is 9.82. The summed E-state index contributed by atoms with van der Waals surface area (Å²) in [5.74, 6) is -2.75. The molecule has 276 valence electrons. The standard InChI is InChI=1S/C34H42N4O13/c1-4-37-21-15-23(22(14-20(21)31(43)44)49-17-38-34(35)36-2)50-33-30(42)29(41)28(40)26(51-33)16-48-32(45)19-12-24(46-3)27(39)25(13-19)47-11-10-18-8-6-5-7-9-18/h5-9,12-15,26,28-30,33,37,39-42H,4,10-11,16-17H2,1-3H3,(H,43,44)(H3,35,36,38)/t26-,28-,29+,30-,33-/m1/s1. The zero-order valence-corrected chi connectivity index (χ0v) is 28.1. The molecule has 1 saturated heterocycles. The molecule has 1 aliphatic heterocycles. The van der Waals surface area contributed by atoms with E-state index in [0.717, 1.165) is 5.56 Å². The lowest BCUT2D eigenvalue weighted by atomic mass is 9.99. The van der Waals surface area contributed by atoms with Gasteiger partial charge in [-0.15, -0.1) is 0 Å². The highest BCUT2D eigenvalue weighted by atomic mass is 16.7. The Labute approximate surface area is 293 Å². The molecule has 0 radical (unpaired) electrons. The average molecular weight is 715 g/mol. The van der Waals surface area contributed by atoms with Gasteiger partial charge in [0.05, 0.1) is 30.5 Å². The van der Waals surface area contributed by atoms with E-state index >= 15 is 0 Å². The van der Waals surface area contributed by atoms with E-state index in [1.54, 1.807) is 6.92 Å². The van der Waals surface area contributed by atoms with Gasteiger partial charge in [0.1, 0.15) is 31.0 Å². The number of nitrogens with one attached hydrogen (secondary N) is 2. The molecule has 17 heteroatoms. The molecular formula is C34H42N4O13. The van der Waals surface area contributed by atoms with Gasteiger partial charge < -0.3 is 70.3 Å². The third-order valence-corrected chi connectivity index (χ3v) is 7.68. The Morgan fingerprint density at radius 3 is 2.35 bits per heavy atom. The number of nitrogens with zero attached hydrogens (tertiary/aromatic N) is 1.